The fourth-order valence-electron chi connectivity index (χ4n) is 2.06. The van der Waals surface area contributed by atoms with Crippen LogP contribution in [0.3, 0.4) is 0 Å². The smallest absolute Gasteiger partial charge is 0.325 e. The largest absolute Gasteiger partial charge is 0.494 e. The molecular formula is C19H19Cl2NO5. The molecule has 0 spiro atoms. The Morgan fingerprint density at radius 3 is 2.22 bits per heavy atom. The summed E-state index contributed by atoms with van der Waals surface area (Å²) in [5.74, 6) is 0.381. The molecule has 1 N–H and O–H groups in total. The van der Waals surface area contributed by atoms with Gasteiger partial charge >= 0.3 is 5.97 Å². The summed E-state index contributed by atoms with van der Waals surface area (Å²) in [5, 5.41) is 3.06. The van der Waals surface area contributed by atoms with Crippen molar-refractivity contribution in [3.63, 3.8) is 0 Å². The Labute approximate surface area is 167 Å². The first-order valence-electron chi connectivity index (χ1n) is 8.24. The van der Waals surface area contributed by atoms with Crippen LogP contribution < -0.4 is 14.8 Å². The molecular weight excluding hydrogens is 393 g/mol. The second-order valence-electron chi connectivity index (χ2n) is 5.28. The zero-order chi connectivity index (χ0) is 19.6. The van der Waals surface area contributed by atoms with Gasteiger partial charge in [-0.2, -0.15) is 0 Å². The van der Waals surface area contributed by atoms with Gasteiger partial charge in [0.2, 0.25) is 0 Å². The second-order valence-corrected chi connectivity index (χ2v) is 6.10. The van der Waals surface area contributed by atoms with Crippen LogP contribution in [-0.4, -0.2) is 38.2 Å². The van der Waals surface area contributed by atoms with Crippen molar-refractivity contribution in [1.82, 2.24) is 5.32 Å². The highest BCUT2D eigenvalue weighted by atomic mass is 35.5. The molecule has 27 heavy (non-hydrogen) atoms. The monoisotopic (exact) mass is 411 g/mol. The van der Waals surface area contributed by atoms with Gasteiger partial charge in [0, 0.05) is 5.56 Å². The number of ether oxygens (including phenoxy) is 3. The zero-order valence-corrected chi connectivity index (χ0v) is 16.2. The van der Waals surface area contributed by atoms with Crippen molar-refractivity contribution in [3.05, 3.63) is 58.1 Å². The summed E-state index contributed by atoms with van der Waals surface area (Å²) in [6.07, 6.45) is 0. The molecule has 0 aliphatic rings. The quantitative estimate of drug-likeness (QED) is 0.502. The number of esters is 1. The average molecular weight is 412 g/mol. The molecule has 2 aromatic carbocycles. The minimum Gasteiger partial charge on any atom is -0.494 e. The first-order chi connectivity index (χ1) is 13.0. The Kier molecular flexibility index (Phi) is 8.23. The molecule has 144 valence electrons. The van der Waals surface area contributed by atoms with Crippen LogP contribution in [0.25, 0.3) is 0 Å². The van der Waals surface area contributed by atoms with E-state index in [4.69, 9.17) is 37.4 Å². The first-order valence-corrected chi connectivity index (χ1v) is 8.99. The Morgan fingerprint density at radius 2 is 1.59 bits per heavy atom. The highest BCUT2D eigenvalue weighted by molar-refractivity contribution is 6.42. The van der Waals surface area contributed by atoms with E-state index in [0.29, 0.717) is 22.9 Å². The fraction of sp³-hybridized carbons (Fsp3) is 0.263. The molecule has 6 nitrogen and oxygen atoms in total. The van der Waals surface area contributed by atoms with Crippen molar-refractivity contribution in [2.75, 3.05) is 26.4 Å². The van der Waals surface area contributed by atoms with Gasteiger partial charge in [-0.1, -0.05) is 23.2 Å². The van der Waals surface area contributed by atoms with Gasteiger partial charge in [-0.25, -0.2) is 0 Å². The molecule has 0 unspecified atom stereocenters. The molecule has 0 saturated carbocycles. The van der Waals surface area contributed by atoms with Gasteiger partial charge in [0.25, 0.3) is 5.91 Å². The highest BCUT2D eigenvalue weighted by Crippen LogP contribution is 2.22. The van der Waals surface area contributed by atoms with Gasteiger partial charge in [0.1, 0.15) is 31.3 Å². The van der Waals surface area contributed by atoms with Crippen LogP contribution in [0.5, 0.6) is 11.5 Å². The van der Waals surface area contributed by atoms with Gasteiger partial charge in [-0.05, 0) is 49.4 Å². The van der Waals surface area contributed by atoms with E-state index in [9.17, 15) is 9.59 Å². The second kappa shape index (κ2) is 10.6. The first kappa shape index (κ1) is 20.9. The summed E-state index contributed by atoms with van der Waals surface area (Å²) in [5.41, 5.74) is 0.302. The number of amides is 1. The summed E-state index contributed by atoms with van der Waals surface area (Å²) in [6.45, 7) is 2.50. The normalized spacial score (nSPS) is 10.2. The number of carbonyl (C=O) groups excluding carboxylic acids is 2. The predicted molar refractivity (Wildman–Crippen MR) is 103 cm³/mol. The lowest BCUT2D eigenvalue weighted by Crippen LogP contribution is -2.31. The van der Waals surface area contributed by atoms with Crippen LogP contribution in [0.2, 0.25) is 10.0 Å². The summed E-state index contributed by atoms with van der Waals surface area (Å²) in [7, 11) is 0. The minimum absolute atomic E-state index is 0.0642. The van der Waals surface area contributed by atoms with Crippen LogP contribution in [0.4, 0.5) is 0 Å². The lowest BCUT2D eigenvalue weighted by molar-refractivity contribution is -0.143. The van der Waals surface area contributed by atoms with Gasteiger partial charge in [-0.15, -0.1) is 0 Å². The number of halogens is 2. The summed E-state index contributed by atoms with van der Waals surface area (Å²) in [4.78, 5) is 23.6. The molecule has 0 atom stereocenters. The Bertz CT molecular complexity index is 780. The van der Waals surface area contributed by atoms with Crippen LogP contribution in [-0.2, 0) is 9.53 Å². The molecule has 0 radical (unpaired) electrons. The maximum atomic E-state index is 11.9. The van der Waals surface area contributed by atoms with Crippen LogP contribution in [0, 0.1) is 0 Å². The van der Waals surface area contributed by atoms with Crippen LogP contribution in [0.15, 0.2) is 42.5 Å². The van der Waals surface area contributed by atoms with Gasteiger partial charge in [0.05, 0.1) is 16.7 Å². The predicted octanol–water partition coefficient (Wildman–Crippen LogP) is 3.74. The van der Waals surface area contributed by atoms with Crippen molar-refractivity contribution < 1.29 is 23.8 Å². The van der Waals surface area contributed by atoms with Crippen molar-refractivity contribution in [3.8, 4) is 11.5 Å². The molecule has 8 heteroatoms. The molecule has 0 heterocycles. The standard InChI is InChI=1S/C19H19Cl2NO5/c1-2-25-14-4-6-15(7-5-14)26-9-10-27-18(23)12-22-19(24)13-3-8-16(20)17(21)11-13/h3-8,11H,2,9-10,12H2,1H3,(H,22,24). The maximum absolute atomic E-state index is 11.9. The minimum atomic E-state index is -0.571. The molecule has 2 aromatic rings. The molecule has 0 aliphatic heterocycles. The molecule has 0 aliphatic carbocycles. The van der Waals surface area contributed by atoms with E-state index in [-0.39, 0.29) is 24.8 Å². The summed E-state index contributed by atoms with van der Waals surface area (Å²) < 4.78 is 15.8. The number of hydrogen-bond donors (Lipinski definition) is 1. The van der Waals surface area contributed by atoms with Gasteiger partial charge < -0.3 is 19.5 Å². The number of carbonyl (C=O) groups is 2. The molecule has 2 rings (SSSR count). The number of nitrogens with one attached hydrogen (secondary N) is 1. The van der Waals surface area contributed by atoms with Gasteiger partial charge in [-0.3, -0.25) is 9.59 Å². The Balaban J connectivity index is 1.65. The number of rotatable bonds is 9. The summed E-state index contributed by atoms with van der Waals surface area (Å²) in [6, 6.07) is 11.6. The van der Waals surface area contributed by atoms with Crippen molar-refractivity contribution in [2.24, 2.45) is 0 Å². The fourth-order valence-corrected chi connectivity index (χ4v) is 2.35. The molecule has 0 bridgehead atoms. The van der Waals surface area contributed by atoms with E-state index in [0.717, 1.165) is 5.75 Å². The third kappa shape index (κ3) is 7.00. The maximum Gasteiger partial charge on any atom is 0.325 e. The third-order valence-corrected chi connectivity index (χ3v) is 4.06. The van der Waals surface area contributed by atoms with Crippen LogP contribution in [0.1, 0.15) is 17.3 Å². The molecule has 0 fully saturated rings. The average Bonchev–Trinajstić information content (AvgIpc) is 2.67. The lowest BCUT2D eigenvalue weighted by atomic mass is 10.2. The molecule has 1 amide bonds. The Morgan fingerprint density at radius 1 is 0.926 bits per heavy atom. The van der Waals surface area contributed by atoms with E-state index in [1.165, 1.54) is 18.2 Å². The van der Waals surface area contributed by atoms with E-state index >= 15 is 0 Å². The van der Waals surface area contributed by atoms with Crippen molar-refractivity contribution >= 4 is 35.1 Å². The number of benzene rings is 2. The third-order valence-electron chi connectivity index (χ3n) is 3.32. The van der Waals surface area contributed by atoms with Gasteiger partial charge in [0.15, 0.2) is 0 Å². The highest BCUT2D eigenvalue weighted by Gasteiger charge is 2.10. The van der Waals surface area contributed by atoms with E-state index < -0.39 is 11.9 Å². The zero-order valence-electron chi connectivity index (χ0n) is 14.7. The molecule has 0 saturated heterocycles. The van der Waals surface area contributed by atoms with E-state index in [1.54, 1.807) is 24.3 Å². The SMILES string of the molecule is CCOc1ccc(OCCOC(=O)CNC(=O)c2ccc(Cl)c(Cl)c2)cc1. The van der Waals surface area contributed by atoms with E-state index in [1.807, 2.05) is 6.92 Å². The number of hydrogen-bond acceptors (Lipinski definition) is 5. The Hall–Kier alpha value is -2.44. The summed E-state index contributed by atoms with van der Waals surface area (Å²) >= 11 is 11.6. The van der Waals surface area contributed by atoms with E-state index in [2.05, 4.69) is 5.32 Å². The van der Waals surface area contributed by atoms with Crippen molar-refractivity contribution in [2.45, 2.75) is 6.92 Å². The lowest BCUT2D eigenvalue weighted by Gasteiger charge is -2.09. The van der Waals surface area contributed by atoms with Crippen molar-refractivity contribution in [1.29, 1.82) is 0 Å². The topological polar surface area (TPSA) is 73.9 Å². The molecule has 0 aromatic heterocycles. The van der Waals surface area contributed by atoms with Crippen LogP contribution >= 0.6 is 23.2 Å².